The summed E-state index contributed by atoms with van der Waals surface area (Å²) in [5, 5.41) is 9.06. The molecule has 6 heteroatoms. The van der Waals surface area contributed by atoms with E-state index in [4.69, 9.17) is 5.11 Å². The van der Waals surface area contributed by atoms with E-state index in [0.717, 1.165) is 6.07 Å². The molecule has 1 fully saturated rings. The fourth-order valence-corrected chi connectivity index (χ4v) is 2.99. The second-order valence-corrected chi connectivity index (χ2v) is 6.14. The van der Waals surface area contributed by atoms with Crippen molar-refractivity contribution in [2.75, 3.05) is 6.61 Å². The molecule has 0 spiro atoms. The largest absolute Gasteiger partial charge is 0.394 e. The third kappa shape index (κ3) is 2.48. The Morgan fingerprint density at radius 3 is 2.59 bits per heavy atom. The Kier molecular flexibility index (Phi) is 2.97. The van der Waals surface area contributed by atoms with Gasteiger partial charge < -0.3 is 5.11 Å². The molecule has 4 nitrogen and oxygen atoms in total. The lowest BCUT2D eigenvalue weighted by Gasteiger charge is -2.14. The first-order valence-electron chi connectivity index (χ1n) is 5.30. The molecule has 1 aliphatic rings. The number of hydrogen-bond acceptors (Lipinski definition) is 3. The quantitative estimate of drug-likeness (QED) is 0.845. The molecule has 1 saturated carbocycles. The van der Waals surface area contributed by atoms with Gasteiger partial charge in [0, 0.05) is 0 Å². The lowest BCUT2D eigenvalue weighted by Crippen LogP contribution is -2.39. The van der Waals surface area contributed by atoms with Crippen LogP contribution in [-0.2, 0) is 10.0 Å². The second-order valence-electron chi connectivity index (χ2n) is 4.45. The zero-order valence-corrected chi connectivity index (χ0v) is 10.2. The van der Waals surface area contributed by atoms with E-state index < -0.39 is 21.4 Å². The maximum Gasteiger partial charge on any atom is 0.241 e. The minimum absolute atomic E-state index is 0.111. The Balaban J connectivity index is 2.29. The first-order chi connectivity index (χ1) is 7.88. The van der Waals surface area contributed by atoms with Gasteiger partial charge in [0.25, 0.3) is 0 Å². The molecule has 94 valence electrons. The molecule has 0 radical (unpaired) electrons. The summed E-state index contributed by atoms with van der Waals surface area (Å²) in [4.78, 5) is -0.111. The smallest absolute Gasteiger partial charge is 0.241 e. The van der Waals surface area contributed by atoms with Crippen LogP contribution in [0.2, 0.25) is 0 Å². The maximum absolute atomic E-state index is 13.3. The standard InChI is InChI=1S/C11H14FNO3S/c1-8-2-3-9(6-10(8)12)17(15,16)13-11(7-14)4-5-11/h2-3,6,13-14H,4-5,7H2,1H3. The van der Waals surface area contributed by atoms with Gasteiger partial charge in [0.15, 0.2) is 0 Å². The summed E-state index contributed by atoms with van der Waals surface area (Å²) in [6, 6.07) is 3.77. The summed E-state index contributed by atoms with van der Waals surface area (Å²) in [5.74, 6) is -0.554. The second kappa shape index (κ2) is 4.04. The molecule has 0 saturated heterocycles. The molecule has 0 bridgehead atoms. The molecule has 2 N–H and O–H groups in total. The van der Waals surface area contributed by atoms with E-state index in [1.165, 1.54) is 12.1 Å². The Bertz CT molecular complexity index is 538. The maximum atomic E-state index is 13.3. The number of aliphatic hydroxyl groups is 1. The zero-order chi connectivity index (χ0) is 12.7. The van der Waals surface area contributed by atoms with Crippen molar-refractivity contribution < 1.29 is 17.9 Å². The fraction of sp³-hybridized carbons (Fsp3) is 0.455. The van der Waals surface area contributed by atoms with E-state index >= 15 is 0 Å². The molecular weight excluding hydrogens is 245 g/mol. The summed E-state index contributed by atoms with van der Waals surface area (Å²) >= 11 is 0. The molecule has 2 rings (SSSR count). The average molecular weight is 259 g/mol. The lowest BCUT2D eigenvalue weighted by molar-refractivity contribution is 0.246. The Morgan fingerprint density at radius 1 is 1.47 bits per heavy atom. The topological polar surface area (TPSA) is 66.4 Å². The van der Waals surface area contributed by atoms with Crippen LogP contribution in [0.3, 0.4) is 0 Å². The summed E-state index contributed by atoms with van der Waals surface area (Å²) in [6.07, 6.45) is 1.22. The summed E-state index contributed by atoms with van der Waals surface area (Å²) in [6.45, 7) is 1.33. The highest BCUT2D eigenvalue weighted by atomic mass is 32.2. The number of aliphatic hydroxyl groups excluding tert-OH is 1. The van der Waals surface area contributed by atoms with Crippen LogP contribution in [0.15, 0.2) is 23.1 Å². The molecule has 0 aliphatic heterocycles. The van der Waals surface area contributed by atoms with E-state index in [9.17, 15) is 12.8 Å². The molecule has 1 aromatic carbocycles. The minimum atomic E-state index is -3.76. The fourth-order valence-electron chi connectivity index (χ4n) is 1.53. The van der Waals surface area contributed by atoms with E-state index in [-0.39, 0.29) is 11.5 Å². The monoisotopic (exact) mass is 259 g/mol. The van der Waals surface area contributed by atoms with Crippen LogP contribution in [0.4, 0.5) is 4.39 Å². The van der Waals surface area contributed by atoms with E-state index in [1.54, 1.807) is 6.92 Å². The first kappa shape index (κ1) is 12.5. The van der Waals surface area contributed by atoms with E-state index in [2.05, 4.69) is 4.72 Å². The van der Waals surface area contributed by atoms with Crippen LogP contribution in [0, 0.1) is 12.7 Å². The van der Waals surface area contributed by atoms with Crippen molar-refractivity contribution in [2.45, 2.75) is 30.2 Å². The van der Waals surface area contributed by atoms with Crippen molar-refractivity contribution >= 4 is 10.0 Å². The third-order valence-corrected chi connectivity index (χ3v) is 4.54. The minimum Gasteiger partial charge on any atom is -0.394 e. The molecule has 0 heterocycles. The van der Waals surface area contributed by atoms with Crippen molar-refractivity contribution in [1.29, 1.82) is 0 Å². The van der Waals surface area contributed by atoms with Crippen LogP contribution in [0.1, 0.15) is 18.4 Å². The SMILES string of the molecule is Cc1ccc(S(=O)(=O)NC2(CO)CC2)cc1F. The first-order valence-corrected chi connectivity index (χ1v) is 6.78. The van der Waals surface area contributed by atoms with Crippen molar-refractivity contribution in [3.8, 4) is 0 Å². The Labute approximate surface area is 99.5 Å². The predicted molar refractivity (Wildman–Crippen MR) is 60.5 cm³/mol. The number of sulfonamides is 1. The van der Waals surface area contributed by atoms with Crippen molar-refractivity contribution in [1.82, 2.24) is 4.72 Å². The molecular formula is C11H14FNO3S. The van der Waals surface area contributed by atoms with Crippen LogP contribution < -0.4 is 4.72 Å². The molecule has 17 heavy (non-hydrogen) atoms. The van der Waals surface area contributed by atoms with Gasteiger partial charge in [-0.25, -0.2) is 17.5 Å². The molecule has 0 amide bonds. The Morgan fingerprint density at radius 2 is 2.12 bits per heavy atom. The van der Waals surface area contributed by atoms with Crippen molar-refractivity contribution in [3.63, 3.8) is 0 Å². The van der Waals surface area contributed by atoms with Gasteiger partial charge in [-0.05, 0) is 37.5 Å². The van der Waals surface area contributed by atoms with Gasteiger partial charge in [0.05, 0.1) is 17.0 Å². The molecule has 1 aliphatic carbocycles. The number of benzene rings is 1. The average Bonchev–Trinajstić information content (AvgIpc) is 3.02. The molecule has 0 unspecified atom stereocenters. The molecule has 0 atom stereocenters. The molecule has 0 aromatic heterocycles. The number of nitrogens with one attached hydrogen (secondary N) is 1. The highest BCUT2D eigenvalue weighted by Crippen LogP contribution is 2.36. The number of rotatable bonds is 4. The van der Waals surface area contributed by atoms with Gasteiger partial charge in [-0.2, -0.15) is 0 Å². The van der Waals surface area contributed by atoms with Gasteiger partial charge in [-0.15, -0.1) is 0 Å². The summed E-state index contributed by atoms with van der Waals surface area (Å²) in [5.41, 5.74) is -0.340. The highest BCUT2D eigenvalue weighted by Gasteiger charge is 2.45. The highest BCUT2D eigenvalue weighted by molar-refractivity contribution is 7.89. The van der Waals surface area contributed by atoms with Gasteiger partial charge in [0.1, 0.15) is 5.82 Å². The number of hydrogen-bond donors (Lipinski definition) is 2. The van der Waals surface area contributed by atoms with Crippen LogP contribution in [0.25, 0.3) is 0 Å². The van der Waals surface area contributed by atoms with Crippen molar-refractivity contribution in [3.05, 3.63) is 29.6 Å². The predicted octanol–water partition coefficient (Wildman–Crippen LogP) is 0.937. The zero-order valence-electron chi connectivity index (χ0n) is 9.40. The normalized spacial score (nSPS) is 18.1. The van der Waals surface area contributed by atoms with Crippen LogP contribution in [0.5, 0.6) is 0 Å². The lowest BCUT2D eigenvalue weighted by atomic mass is 10.2. The van der Waals surface area contributed by atoms with Crippen molar-refractivity contribution in [2.24, 2.45) is 0 Å². The van der Waals surface area contributed by atoms with E-state index in [1.807, 2.05) is 0 Å². The Hall–Kier alpha value is -0.980. The summed E-state index contributed by atoms with van der Waals surface area (Å²) < 4.78 is 39.6. The molecule has 1 aromatic rings. The van der Waals surface area contributed by atoms with Crippen LogP contribution in [-0.4, -0.2) is 25.7 Å². The van der Waals surface area contributed by atoms with Gasteiger partial charge in [-0.3, -0.25) is 0 Å². The van der Waals surface area contributed by atoms with Crippen LogP contribution >= 0.6 is 0 Å². The van der Waals surface area contributed by atoms with Gasteiger partial charge in [0.2, 0.25) is 10.0 Å². The number of aryl methyl sites for hydroxylation is 1. The number of halogens is 1. The third-order valence-electron chi connectivity index (χ3n) is 2.96. The van der Waals surface area contributed by atoms with Gasteiger partial charge in [-0.1, -0.05) is 6.07 Å². The van der Waals surface area contributed by atoms with Gasteiger partial charge >= 0.3 is 0 Å². The van der Waals surface area contributed by atoms with E-state index in [0.29, 0.717) is 18.4 Å². The summed E-state index contributed by atoms with van der Waals surface area (Å²) in [7, 11) is -3.76.